The minimum Gasteiger partial charge on any atom is -0.483 e. The number of nitrogens with zero attached hydrogens (tertiary/aromatic N) is 2. The average molecular weight is 255 g/mol. The number of pyridine rings is 1. The summed E-state index contributed by atoms with van der Waals surface area (Å²) in [6, 6.07) is 3.72. The molecule has 1 aromatic rings. The zero-order valence-electron chi connectivity index (χ0n) is 7.24. The first-order valence-corrected chi connectivity index (χ1v) is 4.89. The molecule has 1 aliphatic rings. The van der Waals surface area contributed by atoms with Crippen LogP contribution >= 0.6 is 15.9 Å². The van der Waals surface area contributed by atoms with Crippen LogP contribution in [0.5, 0.6) is 5.75 Å². The second-order valence-electron chi connectivity index (χ2n) is 2.89. The van der Waals surface area contributed by atoms with Gasteiger partial charge in [0.2, 0.25) is 0 Å². The van der Waals surface area contributed by atoms with Gasteiger partial charge in [-0.25, -0.2) is 4.98 Å². The molecule has 1 aliphatic heterocycles. The van der Waals surface area contributed by atoms with E-state index in [-0.39, 0.29) is 6.10 Å². The smallest absolute Gasteiger partial charge is 0.182 e. The van der Waals surface area contributed by atoms with Gasteiger partial charge in [0.25, 0.3) is 0 Å². The Hall–Kier alpha value is -1.12. The molecule has 0 spiro atoms. The molecule has 5 heteroatoms. The maximum Gasteiger partial charge on any atom is 0.182 e. The van der Waals surface area contributed by atoms with Crippen molar-refractivity contribution in [2.24, 2.45) is 0 Å². The first-order valence-electron chi connectivity index (χ1n) is 4.09. The number of ether oxygens (including phenoxy) is 2. The van der Waals surface area contributed by atoms with Crippen molar-refractivity contribution in [2.75, 3.05) is 13.2 Å². The Morgan fingerprint density at radius 1 is 1.64 bits per heavy atom. The Labute approximate surface area is 89.6 Å². The molecule has 0 aliphatic carbocycles. The lowest BCUT2D eigenvalue weighted by Crippen LogP contribution is -2.38. The Balaban J connectivity index is 2.21. The molecule has 1 fully saturated rings. The summed E-state index contributed by atoms with van der Waals surface area (Å²) in [5.41, 5.74) is 0.306. The molecule has 0 unspecified atom stereocenters. The fourth-order valence-corrected chi connectivity index (χ4v) is 1.37. The molecule has 0 bridgehead atoms. The first-order chi connectivity index (χ1) is 6.79. The molecular formula is C9H7BrN2O2. The maximum absolute atomic E-state index is 8.77. The monoisotopic (exact) mass is 254 g/mol. The molecule has 4 nitrogen and oxygen atoms in total. The van der Waals surface area contributed by atoms with Gasteiger partial charge in [0.05, 0.1) is 13.2 Å². The van der Waals surface area contributed by atoms with Crippen LogP contribution in [0.4, 0.5) is 0 Å². The van der Waals surface area contributed by atoms with Gasteiger partial charge in [-0.05, 0) is 22.0 Å². The molecule has 0 aromatic carbocycles. The van der Waals surface area contributed by atoms with Crippen LogP contribution in [0.3, 0.4) is 0 Å². The normalized spacial score (nSPS) is 15.7. The second-order valence-corrected chi connectivity index (χ2v) is 3.81. The maximum atomic E-state index is 8.77. The summed E-state index contributed by atoms with van der Waals surface area (Å²) < 4.78 is 11.3. The van der Waals surface area contributed by atoms with Gasteiger partial charge in [-0.3, -0.25) is 0 Å². The summed E-state index contributed by atoms with van der Waals surface area (Å²) in [6.07, 6.45) is 1.63. The first kappa shape index (κ1) is 9.44. The fourth-order valence-electron chi connectivity index (χ4n) is 1.06. The van der Waals surface area contributed by atoms with E-state index in [9.17, 15) is 0 Å². The van der Waals surface area contributed by atoms with E-state index in [0.29, 0.717) is 24.7 Å². The SMILES string of the molecule is N#Cc1ncc(Br)cc1OC1COC1. The van der Waals surface area contributed by atoms with Gasteiger partial charge >= 0.3 is 0 Å². The Morgan fingerprint density at radius 2 is 2.43 bits per heavy atom. The average Bonchev–Trinajstić information content (AvgIpc) is 2.12. The van der Waals surface area contributed by atoms with Crippen molar-refractivity contribution in [1.29, 1.82) is 5.26 Å². The van der Waals surface area contributed by atoms with E-state index in [1.807, 2.05) is 6.07 Å². The van der Waals surface area contributed by atoms with Crippen molar-refractivity contribution >= 4 is 15.9 Å². The van der Waals surface area contributed by atoms with E-state index in [2.05, 4.69) is 20.9 Å². The second kappa shape index (κ2) is 3.95. The predicted molar refractivity (Wildman–Crippen MR) is 51.9 cm³/mol. The van der Waals surface area contributed by atoms with Crippen LogP contribution in [-0.2, 0) is 4.74 Å². The highest BCUT2D eigenvalue weighted by atomic mass is 79.9. The highest BCUT2D eigenvalue weighted by Crippen LogP contribution is 2.23. The lowest BCUT2D eigenvalue weighted by atomic mass is 10.3. The largest absolute Gasteiger partial charge is 0.483 e. The highest BCUT2D eigenvalue weighted by Gasteiger charge is 2.21. The van der Waals surface area contributed by atoms with Gasteiger partial charge in [0, 0.05) is 10.7 Å². The number of aromatic nitrogens is 1. The van der Waals surface area contributed by atoms with Crippen molar-refractivity contribution < 1.29 is 9.47 Å². The van der Waals surface area contributed by atoms with E-state index in [1.54, 1.807) is 12.3 Å². The van der Waals surface area contributed by atoms with Gasteiger partial charge in [0.1, 0.15) is 12.2 Å². The summed E-state index contributed by atoms with van der Waals surface area (Å²) in [4.78, 5) is 3.93. The summed E-state index contributed by atoms with van der Waals surface area (Å²) in [6.45, 7) is 1.16. The minimum atomic E-state index is 0.0539. The van der Waals surface area contributed by atoms with Crippen molar-refractivity contribution in [2.45, 2.75) is 6.10 Å². The van der Waals surface area contributed by atoms with E-state index in [1.165, 1.54) is 0 Å². The molecule has 0 saturated carbocycles. The van der Waals surface area contributed by atoms with Crippen LogP contribution in [-0.4, -0.2) is 24.3 Å². The van der Waals surface area contributed by atoms with Crippen LogP contribution in [0.25, 0.3) is 0 Å². The zero-order valence-corrected chi connectivity index (χ0v) is 8.82. The van der Waals surface area contributed by atoms with Gasteiger partial charge < -0.3 is 9.47 Å². The van der Waals surface area contributed by atoms with Crippen molar-refractivity contribution in [3.8, 4) is 11.8 Å². The molecule has 0 amide bonds. The van der Waals surface area contributed by atoms with Crippen LogP contribution in [0.2, 0.25) is 0 Å². The molecule has 0 radical (unpaired) electrons. The molecule has 72 valence electrons. The van der Waals surface area contributed by atoms with Gasteiger partial charge in [-0.1, -0.05) is 0 Å². The Morgan fingerprint density at radius 3 is 3.00 bits per heavy atom. The fraction of sp³-hybridized carbons (Fsp3) is 0.333. The van der Waals surface area contributed by atoms with Crippen LogP contribution in [0.15, 0.2) is 16.7 Å². The molecular weight excluding hydrogens is 248 g/mol. The number of rotatable bonds is 2. The Kier molecular flexibility index (Phi) is 2.66. The summed E-state index contributed by atoms with van der Waals surface area (Å²) in [5.74, 6) is 0.509. The summed E-state index contributed by atoms with van der Waals surface area (Å²) in [5, 5.41) is 8.77. The van der Waals surface area contributed by atoms with Gasteiger partial charge in [-0.15, -0.1) is 0 Å². The molecule has 1 aromatic heterocycles. The summed E-state index contributed by atoms with van der Waals surface area (Å²) in [7, 11) is 0. The van der Waals surface area contributed by atoms with Crippen LogP contribution in [0.1, 0.15) is 5.69 Å². The zero-order chi connectivity index (χ0) is 9.97. The lowest BCUT2D eigenvalue weighted by molar-refractivity contribution is -0.0799. The Bertz CT molecular complexity index is 385. The van der Waals surface area contributed by atoms with Crippen molar-refractivity contribution in [1.82, 2.24) is 4.98 Å². The number of nitriles is 1. The summed E-state index contributed by atoms with van der Waals surface area (Å²) >= 11 is 3.27. The number of halogens is 1. The van der Waals surface area contributed by atoms with E-state index >= 15 is 0 Å². The van der Waals surface area contributed by atoms with Crippen molar-refractivity contribution in [3.05, 3.63) is 22.4 Å². The predicted octanol–water partition coefficient (Wildman–Crippen LogP) is 1.49. The quantitative estimate of drug-likeness (QED) is 0.803. The van der Waals surface area contributed by atoms with E-state index < -0.39 is 0 Å². The molecule has 0 atom stereocenters. The van der Waals surface area contributed by atoms with Gasteiger partial charge in [-0.2, -0.15) is 5.26 Å². The lowest BCUT2D eigenvalue weighted by Gasteiger charge is -2.26. The minimum absolute atomic E-state index is 0.0539. The third-order valence-corrected chi connectivity index (χ3v) is 2.26. The molecule has 2 rings (SSSR count). The standard InChI is InChI=1S/C9H7BrN2O2/c10-6-1-9(8(2-11)12-3-6)14-7-4-13-5-7/h1,3,7H,4-5H2. The van der Waals surface area contributed by atoms with Gasteiger partial charge in [0.15, 0.2) is 11.4 Å². The molecule has 14 heavy (non-hydrogen) atoms. The topological polar surface area (TPSA) is 55.1 Å². The number of hydrogen-bond acceptors (Lipinski definition) is 4. The van der Waals surface area contributed by atoms with Crippen LogP contribution in [0, 0.1) is 11.3 Å². The van der Waals surface area contributed by atoms with E-state index in [4.69, 9.17) is 14.7 Å². The molecule has 1 saturated heterocycles. The van der Waals surface area contributed by atoms with E-state index in [0.717, 1.165) is 4.47 Å². The van der Waals surface area contributed by atoms with Crippen LogP contribution < -0.4 is 4.74 Å². The highest BCUT2D eigenvalue weighted by molar-refractivity contribution is 9.10. The third-order valence-electron chi connectivity index (χ3n) is 1.83. The molecule has 2 heterocycles. The molecule has 0 N–H and O–H groups in total. The van der Waals surface area contributed by atoms with Crippen molar-refractivity contribution in [3.63, 3.8) is 0 Å². The number of hydrogen-bond donors (Lipinski definition) is 0. The third kappa shape index (κ3) is 1.86.